The average Bonchev–Trinajstić information content (AvgIpc) is 3.01. The Balaban J connectivity index is 1.88. The lowest BCUT2D eigenvalue weighted by molar-refractivity contribution is 0.390. The summed E-state index contributed by atoms with van der Waals surface area (Å²) in [6.07, 6.45) is 3.80. The van der Waals surface area contributed by atoms with E-state index in [1.165, 1.54) is 18.4 Å². The van der Waals surface area contributed by atoms with Crippen LogP contribution in [-0.2, 0) is 6.42 Å². The Kier molecular flexibility index (Phi) is 3.33. The molecule has 1 heterocycles. The zero-order valence-electron chi connectivity index (χ0n) is 10.7. The summed E-state index contributed by atoms with van der Waals surface area (Å²) < 4.78 is 5.18. The molecule has 2 unspecified atom stereocenters. The van der Waals surface area contributed by atoms with Crippen LogP contribution in [-0.4, -0.2) is 17.2 Å². The van der Waals surface area contributed by atoms with Gasteiger partial charge in [0.2, 0.25) is 0 Å². The van der Waals surface area contributed by atoms with E-state index in [2.05, 4.69) is 24.3 Å². The number of rotatable bonds is 5. The van der Waals surface area contributed by atoms with Crippen LogP contribution in [0, 0.1) is 19.8 Å². The molecule has 0 amide bonds. The van der Waals surface area contributed by atoms with Crippen LogP contribution in [0.15, 0.2) is 4.52 Å². The van der Waals surface area contributed by atoms with Crippen LogP contribution in [0.25, 0.3) is 0 Å². The molecular weight excluding hydrogens is 200 g/mol. The van der Waals surface area contributed by atoms with Gasteiger partial charge in [0, 0.05) is 17.6 Å². The van der Waals surface area contributed by atoms with Crippen molar-refractivity contribution in [1.82, 2.24) is 10.5 Å². The summed E-state index contributed by atoms with van der Waals surface area (Å²) in [6, 6.07) is 1.14. The van der Waals surface area contributed by atoms with Crippen molar-refractivity contribution in [3.05, 3.63) is 17.0 Å². The highest BCUT2D eigenvalue weighted by Crippen LogP contribution is 2.32. The molecule has 3 heteroatoms. The van der Waals surface area contributed by atoms with Crippen molar-refractivity contribution in [3.63, 3.8) is 0 Å². The molecule has 2 rings (SSSR count). The number of aryl methyl sites for hydroxylation is 2. The van der Waals surface area contributed by atoms with E-state index >= 15 is 0 Å². The van der Waals surface area contributed by atoms with Crippen molar-refractivity contribution >= 4 is 0 Å². The lowest BCUT2D eigenvalue weighted by atomic mass is 10.0. The third-order valence-corrected chi connectivity index (χ3v) is 3.57. The fourth-order valence-corrected chi connectivity index (χ4v) is 2.34. The van der Waals surface area contributed by atoms with Gasteiger partial charge in [0.05, 0.1) is 5.69 Å². The van der Waals surface area contributed by atoms with Crippen LogP contribution in [0.4, 0.5) is 0 Å². The standard InChI is InChI=1S/C13H22N2O/c1-8(14-9(2)12-5-6-12)7-13-10(3)15-16-11(13)4/h8-9,12,14H,5-7H2,1-4H3. The first-order valence-corrected chi connectivity index (χ1v) is 6.25. The van der Waals surface area contributed by atoms with Gasteiger partial charge in [0.1, 0.15) is 5.76 Å². The minimum atomic E-state index is 0.493. The summed E-state index contributed by atoms with van der Waals surface area (Å²) >= 11 is 0. The molecule has 0 aromatic carbocycles. The topological polar surface area (TPSA) is 38.1 Å². The normalized spacial score (nSPS) is 19.8. The number of hydrogen-bond donors (Lipinski definition) is 1. The summed E-state index contributed by atoms with van der Waals surface area (Å²) in [5.74, 6) is 1.87. The second kappa shape index (κ2) is 4.58. The molecule has 0 saturated heterocycles. The van der Waals surface area contributed by atoms with Gasteiger partial charge in [-0.1, -0.05) is 5.16 Å². The summed E-state index contributed by atoms with van der Waals surface area (Å²) in [7, 11) is 0. The quantitative estimate of drug-likeness (QED) is 0.832. The Morgan fingerprint density at radius 3 is 2.56 bits per heavy atom. The lowest BCUT2D eigenvalue weighted by Gasteiger charge is -2.19. The first-order chi connectivity index (χ1) is 7.58. The van der Waals surface area contributed by atoms with Crippen molar-refractivity contribution in [2.24, 2.45) is 5.92 Å². The predicted octanol–water partition coefficient (Wildman–Crippen LogP) is 2.61. The SMILES string of the molecule is Cc1noc(C)c1CC(C)NC(C)C1CC1. The molecule has 1 aliphatic carbocycles. The molecule has 1 aromatic rings. The molecule has 1 saturated carbocycles. The Morgan fingerprint density at radius 1 is 1.38 bits per heavy atom. The summed E-state index contributed by atoms with van der Waals surface area (Å²) in [5, 5.41) is 7.66. The van der Waals surface area contributed by atoms with E-state index in [0.29, 0.717) is 12.1 Å². The highest BCUT2D eigenvalue weighted by molar-refractivity contribution is 5.21. The van der Waals surface area contributed by atoms with Gasteiger partial charge in [0.15, 0.2) is 0 Å². The smallest absolute Gasteiger partial charge is 0.137 e. The largest absolute Gasteiger partial charge is 0.361 e. The zero-order chi connectivity index (χ0) is 11.7. The van der Waals surface area contributed by atoms with Gasteiger partial charge in [0.25, 0.3) is 0 Å². The van der Waals surface area contributed by atoms with Crippen molar-refractivity contribution < 1.29 is 4.52 Å². The molecule has 0 bridgehead atoms. The van der Waals surface area contributed by atoms with Gasteiger partial charge in [-0.2, -0.15) is 0 Å². The zero-order valence-corrected chi connectivity index (χ0v) is 10.7. The van der Waals surface area contributed by atoms with Crippen LogP contribution < -0.4 is 5.32 Å². The minimum absolute atomic E-state index is 0.493. The molecule has 0 radical (unpaired) electrons. The van der Waals surface area contributed by atoms with E-state index in [1.807, 2.05) is 13.8 Å². The van der Waals surface area contributed by atoms with Crippen LogP contribution in [0.3, 0.4) is 0 Å². The van der Waals surface area contributed by atoms with E-state index in [9.17, 15) is 0 Å². The van der Waals surface area contributed by atoms with Crippen molar-refractivity contribution in [2.45, 2.75) is 59.0 Å². The number of nitrogens with one attached hydrogen (secondary N) is 1. The summed E-state index contributed by atoms with van der Waals surface area (Å²) in [5.41, 5.74) is 2.30. The maximum absolute atomic E-state index is 5.18. The number of aromatic nitrogens is 1. The van der Waals surface area contributed by atoms with Gasteiger partial charge in [-0.05, 0) is 52.9 Å². The fourth-order valence-electron chi connectivity index (χ4n) is 2.34. The molecule has 1 fully saturated rings. The Hall–Kier alpha value is -0.830. The molecule has 1 aromatic heterocycles. The first-order valence-electron chi connectivity index (χ1n) is 6.25. The minimum Gasteiger partial charge on any atom is -0.361 e. The molecule has 1 aliphatic rings. The van der Waals surface area contributed by atoms with Crippen molar-refractivity contribution in [3.8, 4) is 0 Å². The van der Waals surface area contributed by atoms with Gasteiger partial charge < -0.3 is 9.84 Å². The number of hydrogen-bond acceptors (Lipinski definition) is 3. The average molecular weight is 222 g/mol. The third kappa shape index (κ3) is 2.64. The van der Waals surface area contributed by atoms with Crippen LogP contribution in [0.2, 0.25) is 0 Å². The van der Waals surface area contributed by atoms with Crippen molar-refractivity contribution in [2.75, 3.05) is 0 Å². The third-order valence-electron chi connectivity index (χ3n) is 3.57. The fraction of sp³-hybridized carbons (Fsp3) is 0.769. The highest BCUT2D eigenvalue weighted by atomic mass is 16.5. The molecular formula is C13H22N2O. The van der Waals surface area contributed by atoms with Crippen LogP contribution in [0.5, 0.6) is 0 Å². The maximum atomic E-state index is 5.18. The lowest BCUT2D eigenvalue weighted by Crippen LogP contribution is -2.37. The Bertz CT molecular complexity index is 335. The van der Waals surface area contributed by atoms with Crippen molar-refractivity contribution in [1.29, 1.82) is 0 Å². The van der Waals surface area contributed by atoms with Gasteiger partial charge >= 0.3 is 0 Å². The molecule has 2 atom stereocenters. The van der Waals surface area contributed by atoms with Gasteiger partial charge in [-0.15, -0.1) is 0 Å². The van der Waals surface area contributed by atoms with E-state index in [0.717, 1.165) is 23.8 Å². The van der Waals surface area contributed by atoms with Gasteiger partial charge in [-0.25, -0.2) is 0 Å². The maximum Gasteiger partial charge on any atom is 0.137 e. The molecule has 0 spiro atoms. The van der Waals surface area contributed by atoms with E-state index in [-0.39, 0.29) is 0 Å². The van der Waals surface area contributed by atoms with Crippen LogP contribution >= 0.6 is 0 Å². The predicted molar refractivity (Wildman–Crippen MR) is 64.5 cm³/mol. The highest BCUT2D eigenvalue weighted by Gasteiger charge is 2.28. The second-order valence-electron chi connectivity index (χ2n) is 5.20. The van der Waals surface area contributed by atoms with E-state index in [1.54, 1.807) is 0 Å². The summed E-state index contributed by atoms with van der Waals surface area (Å²) in [4.78, 5) is 0. The molecule has 90 valence electrons. The molecule has 16 heavy (non-hydrogen) atoms. The molecule has 1 N–H and O–H groups in total. The molecule has 3 nitrogen and oxygen atoms in total. The van der Waals surface area contributed by atoms with E-state index < -0.39 is 0 Å². The Morgan fingerprint density at radius 2 is 2.06 bits per heavy atom. The Labute approximate surface area is 97.6 Å². The van der Waals surface area contributed by atoms with Gasteiger partial charge in [-0.3, -0.25) is 0 Å². The van der Waals surface area contributed by atoms with Crippen LogP contribution in [0.1, 0.15) is 43.7 Å². The second-order valence-corrected chi connectivity index (χ2v) is 5.20. The number of nitrogens with zero attached hydrogens (tertiary/aromatic N) is 1. The first kappa shape index (κ1) is 11.6. The monoisotopic (exact) mass is 222 g/mol. The molecule has 0 aliphatic heterocycles. The summed E-state index contributed by atoms with van der Waals surface area (Å²) in [6.45, 7) is 8.54. The van der Waals surface area contributed by atoms with E-state index in [4.69, 9.17) is 4.52 Å².